The molecule has 7 heteroatoms. The summed E-state index contributed by atoms with van der Waals surface area (Å²) in [6.45, 7) is 2.78. The van der Waals surface area contributed by atoms with E-state index in [1.54, 1.807) is 17.0 Å². The van der Waals surface area contributed by atoms with Crippen molar-refractivity contribution in [2.45, 2.75) is 19.0 Å². The van der Waals surface area contributed by atoms with Gasteiger partial charge in [0.1, 0.15) is 6.54 Å². The third-order valence-corrected chi connectivity index (χ3v) is 5.04. The fraction of sp³-hybridized carbons (Fsp3) is 0.333. The average Bonchev–Trinajstić information content (AvgIpc) is 3.03. The smallest absolute Gasteiger partial charge is 0.315 e. The van der Waals surface area contributed by atoms with Crippen molar-refractivity contribution in [2.75, 3.05) is 31.6 Å². The highest BCUT2D eigenvalue weighted by Crippen LogP contribution is 2.23. The van der Waals surface area contributed by atoms with Crippen molar-refractivity contribution < 1.29 is 14.5 Å². The van der Waals surface area contributed by atoms with Crippen LogP contribution in [0.3, 0.4) is 0 Å². The van der Waals surface area contributed by atoms with Gasteiger partial charge in [-0.1, -0.05) is 41.9 Å². The van der Waals surface area contributed by atoms with Crippen LogP contribution in [0.15, 0.2) is 54.6 Å². The van der Waals surface area contributed by atoms with Crippen LogP contribution < -0.4 is 20.4 Å². The average molecular weight is 402 g/mol. The highest BCUT2D eigenvalue weighted by atomic mass is 35.5. The Hall–Kier alpha value is -2.57. The quantitative estimate of drug-likeness (QED) is 0.657. The first-order valence-electron chi connectivity index (χ1n) is 9.47. The second kappa shape index (κ2) is 9.57. The first-order valence-corrected chi connectivity index (χ1v) is 9.84. The Kier molecular flexibility index (Phi) is 6.90. The number of halogens is 1. The normalized spacial score (nSPS) is 17.4. The molecule has 3 N–H and O–H groups in total. The summed E-state index contributed by atoms with van der Waals surface area (Å²) in [7, 11) is 2.10. The van der Waals surface area contributed by atoms with E-state index in [0.717, 1.165) is 18.8 Å². The van der Waals surface area contributed by atoms with E-state index in [1.165, 1.54) is 10.5 Å². The van der Waals surface area contributed by atoms with E-state index in [9.17, 15) is 9.59 Å². The molecule has 1 saturated heterocycles. The number of hydrogen-bond donors (Lipinski definition) is 3. The van der Waals surface area contributed by atoms with Gasteiger partial charge in [0.25, 0.3) is 0 Å². The van der Waals surface area contributed by atoms with Gasteiger partial charge in [-0.25, -0.2) is 4.79 Å². The van der Waals surface area contributed by atoms with E-state index >= 15 is 0 Å². The highest BCUT2D eigenvalue weighted by molar-refractivity contribution is 6.30. The summed E-state index contributed by atoms with van der Waals surface area (Å²) in [6.07, 6.45) is 0.301. The number of benzene rings is 2. The molecule has 3 amide bonds. The summed E-state index contributed by atoms with van der Waals surface area (Å²) < 4.78 is 0. The molecule has 1 aliphatic rings. The zero-order valence-electron chi connectivity index (χ0n) is 16.0. The van der Waals surface area contributed by atoms with Crippen molar-refractivity contribution in [2.24, 2.45) is 0 Å². The summed E-state index contributed by atoms with van der Waals surface area (Å²) in [4.78, 5) is 27.4. The number of amides is 3. The first-order chi connectivity index (χ1) is 13.5. The Balaban J connectivity index is 1.39. The van der Waals surface area contributed by atoms with Crippen LogP contribution in [0.5, 0.6) is 0 Å². The van der Waals surface area contributed by atoms with Gasteiger partial charge in [-0.3, -0.25) is 4.79 Å². The number of urea groups is 1. The van der Waals surface area contributed by atoms with Gasteiger partial charge in [0, 0.05) is 29.2 Å². The number of anilines is 1. The molecular formula is C21H26ClN4O2+. The second-order valence-electron chi connectivity index (χ2n) is 7.15. The summed E-state index contributed by atoms with van der Waals surface area (Å²) in [5.41, 5.74) is 2.07. The van der Waals surface area contributed by atoms with Gasteiger partial charge < -0.3 is 20.4 Å². The van der Waals surface area contributed by atoms with Crippen molar-refractivity contribution >= 4 is 29.2 Å². The van der Waals surface area contributed by atoms with Gasteiger partial charge in [0.15, 0.2) is 0 Å². The second-order valence-corrected chi connectivity index (χ2v) is 7.59. The SMILES string of the molecule is C[NH+](CCNC(=O)N[C@@H]1CC(=O)N(c2ccc(Cl)cc2)C1)Cc1ccccc1. The van der Waals surface area contributed by atoms with Crippen LogP contribution in [0.4, 0.5) is 10.5 Å². The number of likely N-dealkylation sites (N-methyl/N-ethyl adjacent to an activating group) is 1. The number of carbonyl (C=O) groups is 2. The van der Waals surface area contributed by atoms with Crippen LogP contribution in [0.1, 0.15) is 12.0 Å². The van der Waals surface area contributed by atoms with Crippen molar-refractivity contribution in [3.63, 3.8) is 0 Å². The Bertz CT molecular complexity index is 798. The molecule has 0 aliphatic carbocycles. The number of carbonyl (C=O) groups excluding carboxylic acids is 2. The third kappa shape index (κ3) is 5.71. The Labute approximate surface area is 170 Å². The van der Waals surface area contributed by atoms with Crippen LogP contribution in [-0.4, -0.2) is 44.7 Å². The lowest BCUT2D eigenvalue weighted by molar-refractivity contribution is -0.892. The van der Waals surface area contributed by atoms with E-state index in [0.29, 0.717) is 24.5 Å². The Morgan fingerprint density at radius 3 is 2.61 bits per heavy atom. The molecule has 1 fully saturated rings. The first kappa shape index (κ1) is 20.2. The Morgan fingerprint density at radius 2 is 1.89 bits per heavy atom. The largest absolute Gasteiger partial charge is 0.333 e. The molecule has 28 heavy (non-hydrogen) atoms. The van der Waals surface area contributed by atoms with Gasteiger partial charge in [0.2, 0.25) is 5.91 Å². The molecule has 2 atom stereocenters. The molecule has 1 unspecified atom stereocenters. The minimum Gasteiger partial charge on any atom is -0.333 e. The topological polar surface area (TPSA) is 65.9 Å². The zero-order valence-corrected chi connectivity index (χ0v) is 16.7. The van der Waals surface area contributed by atoms with Gasteiger partial charge in [-0.2, -0.15) is 0 Å². The van der Waals surface area contributed by atoms with E-state index in [2.05, 4.69) is 29.8 Å². The van der Waals surface area contributed by atoms with Crippen LogP contribution in [0, 0.1) is 0 Å². The number of quaternary nitrogens is 1. The summed E-state index contributed by atoms with van der Waals surface area (Å²) in [5.74, 6) is -0.000314. The van der Waals surface area contributed by atoms with E-state index in [-0.39, 0.29) is 18.0 Å². The number of rotatable bonds is 7. The van der Waals surface area contributed by atoms with E-state index in [4.69, 9.17) is 11.6 Å². The van der Waals surface area contributed by atoms with Gasteiger partial charge in [-0.15, -0.1) is 0 Å². The third-order valence-electron chi connectivity index (χ3n) is 4.78. The van der Waals surface area contributed by atoms with Crippen molar-refractivity contribution in [1.29, 1.82) is 0 Å². The zero-order chi connectivity index (χ0) is 19.9. The van der Waals surface area contributed by atoms with Crippen molar-refractivity contribution in [3.05, 3.63) is 65.2 Å². The van der Waals surface area contributed by atoms with Gasteiger partial charge in [0.05, 0.1) is 26.2 Å². The lowest BCUT2D eigenvalue weighted by atomic mass is 10.2. The maximum Gasteiger partial charge on any atom is 0.315 e. The fourth-order valence-electron chi connectivity index (χ4n) is 3.33. The lowest BCUT2D eigenvalue weighted by Crippen LogP contribution is -3.08. The molecule has 3 rings (SSSR count). The molecule has 0 bridgehead atoms. The van der Waals surface area contributed by atoms with Gasteiger partial charge in [-0.05, 0) is 24.3 Å². The summed E-state index contributed by atoms with van der Waals surface area (Å²) in [6, 6.07) is 17.0. The fourth-order valence-corrected chi connectivity index (χ4v) is 3.46. The van der Waals surface area contributed by atoms with Crippen LogP contribution in [0.25, 0.3) is 0 Å². The molecule has 0 radical (unpaired) electrons. The maximum atomic E-state index is 12.2. The van der Waals surface area contributed by atoms with Gasteiger partial charge >= 0.3 is 6.03 Å². The molecule has 148 valence electrons. The molecule has 1 aliphatic heterocycles. The minimum atomic E-state index is -0.233. The summed E-state index contributed by atoms with van der Waals surface area (Å²) >= 11 is 5.90. The molecule has 0 spiro atoms. The molecule has 6 nitrogen and oxygen atoms in total. The molecular weight excluding hydrogens is 376 g/mol. The predicted octanol–water partition coefficient (Wildman–Crippen LogP) is 1.46. The summed E-state index contributed by atoms with van der Waals surface area (Å²) in [5, 5.41) is 6.41. The molecule has 2 aromatic carbocycles. The van der Waals surface area contributed by atoms with Crippen LogP contribution in [0.2, 0.25) is 5.02 Å². The van der Waals surface area contributed by atoms with Crippen molar-refractivity contribution in [1.82, 2.24) is 10.6 Å². The molecule has 1 heterocycles. The minimum absolute atomic E-state index is 0.000314. The standard InChI is InChI=1S/C21H25ClN4O2/c1-25(14-16-5-3-2-4-6-16)12-11-23-21(28)24-18-13-20(27)26(15-18)19-9-7-17(22)8-10-19/h2-10,18H,11-15H2,1H3,(H2,23,24,28)/p+1/t18-/m1/s1. The van der Waals surface area contributed by atoms with Crippen molar-refractivity contribution in [3.8, 4) is 0 Å². The van der Waals surface area contributed by atoms with E-state index in [1.807, 2.05) is 30.3 Å². The Morgan fingerprint density at radius 1 is 1.18 bits per heavy atom. The van der Waals surface area contributed by atoms with Crippen LogP contribution >= 0.6 is 11.6 Å². The molecule has 0 aromatic heterocycles. The predicted molar refractivity (Wildman–Crippen MR) is 111 cm³/mol. The van der Waals surface area contributed by atoms with Crippen LogP contribution in [-0.2, 0) is 11.3 Å². The monoisotopic (exact) mass is 401 g/mol. The molecule has 0 saturated carbocycles. The van der Waals surface area contributed by atoms with E-state index < -0.39 is 0 Å². The lowest BCUT2D eigenvalue weighted by Gasteiger charge is -2.18. The number of nitrogens with one attached hydrogen (secondary N) is 3. The molecule has 2 aromatic rings. The number of hydrogen-bond acceptors (Lipinski definition) is 2. The number of nitrogens with zero attached hydrogens (tertiary/aromatic N) is 1. The highest BCUT2D eigenvalue weighted by Gasteiger charge is 2.31. The maximum absolute atomic E-state index is 12.2.